The van der Waals surface area contributed by atoms with Gasteiger partial charge in [0.1, 0.15) is 5.82 Å². The highest BCUT2D eigenvalue weighted by atomic mass is 35.5. The third-order valence-electron chi connectivity index (χ3n) is 3.80. The molecule has 0 spiro atoms. The number of nitrogens with zero attached hydrogens (tertiary/aromatic N) is 1. The average molecular weight is 314 g/mol. The Hall–Kier alpha value is -1.62. The van der Waals surface area contributed by atoms with Crippen LogP contribution in [0.15, 0.2) is 12.1 Å². The van der Waals surface area contributed by atoms with Gasteiger partial charge in [0.2, 0.25) is 0 Å². The lowest BCUT2D eigenvalue weighted by molar-refractivity contribution is -0.146. The van der Waals surface area contributed by atoms with Gasteiger partial charge in [-0.25, -0.2) is 4.39 Å². The van der Waals surface area contributed by atoms with Crippen LogP contribution >= 0.6 is 11.6 Å². The van der Waals surface area contributed by atoms with Crippen LogP contribution in [0.2, 0.25) is 5.02 Å². The van der Waals surface area contributed by atoms with Crippen LogP contribution in [-0.2, 0) is 9.53 Å². The molecule has 1 aromatic carbocycles. The molecule has 1 fully saturated rings. The molecule has 6 heteroatoms. The van der Waals surface area contributed by atoms with E-state index in [9.17, 15) is 14.0 Å². The molecule has 21 heavy (non-hydrogen) atoms. The summed E-state index contributed by atoms with van der Waals surface area (Å²) >= 11 is 6.03. The number of piperidine rings is 1. The van der Waals surface area contributed by atoms with Crippen molar-refractivity contribution in [2.45, 2.75) is 19.8 Å². The molecule has 0 saturated carbocycles. The van der Waals surface area contributed by atoms with E-state index in [0.29, 0.717) is 31.5 Å². The van der Waals surface area contributed by atoms with Crippen LogP contribution in [-0.4, -0.2) is 37.0 Å². The molecule has 1 aliphatic rings. The van der Waals surface area contributed by atoms with Gasteiger partial charge in [-0.3, -0.25) is 9.59 Å². The van der Waals surface area contributed by atoms with E-state index >= 15 is 0 Å². The number of carbonyl (C=O) groups is 2. The average Bonchev–Trinajstić information content (AvgIpc) is 2.49. The van der Waals surface area contributed by atoms with Crippen molar-refractivity contribution in [2.24, 2.45) is 5.92 Å². The largest absolute Gasteiger partial charge is 0.469 e. The van der Waals surface area contributed by atoms with E-state index in [2.05, 4.69) is 0 Å². The number of esters is 1. The van der Waals surface area contributed by atoms with Crippen molar-refractivity contribution in [1.82, 2.24) is 4.90 Å². The molecule has 1 amide bonds. The Morgan fingerprint density at radius 2 is 1.95 bits per heavy atom. The molecule has 0 atom stereocenters. The van der Waals surface area contributed by atoms with Crippen LogP contribution in [0.25, 0.3) is 0 Å². The lowest BCUT2D eigenvalue weighted by Gasteiger charge is -2.31. The van der Waals surface area contributed by atoms with Crippen molar-refractivity contribution >= 4 is 23.5 Å². The van der Waals surface area contributed by atoms with Gasteiger partial charge < -0.3 is 9.64 Å². The van der Waals surface area contributed by atoms with Gasteiger partial charge in [-0.15, -0.1) is 0 Å². The van der Waals surface area contributed by atoms with E-state index in [4.69, 9.17) is 16.3 Å². The monoisotopic (exact) mass is 313 g/mol. The van der Waals surface area contributed by atoms with Crippen molar-refractivity contribution in [3.05, 3.63) is 34.1 Å². The molecular weight excluding hydrogens is 297 g/mol. The third-order valence-corrected chi connectivity index (χ3v) is 4.11. The summed E-state index contributed by atoms with van der Waals surface area (Å²) in [6.45, 7) is 2.46. The Morgan fingerprint density at radius 1 is 1.33 bits per heavy atom. The molecule has 1 saturated heterocycles. The maximum atomic E-state index is 13.6. The number of hydrogen-bond donors (Lipinski definition) is 0. The quantitative estimate of drug-likeness (QED) is 0.789. The van der Waals surface area contributed by atoms with Gasteiger partial charge in [-0.05, 0) is 37.5 Å². The predicted octanol–water partition coefficient (Wildman–Crippen LogP) is 2.81. The van der Waals surface area contributed by atoms with Crippen LogP contribution < -0.4 is 0 Å². The highest BCUT2D eigenvalue weighted by Gasteiger charge is 2.29. The fourth-order valence-corrected chi connectivity index (χ4v) is 2.76. The Labute approximate surface area is 127 Å². The standard InChI is InChI=1S/C15H17ClFNO3/c1-9-7-12(16)11(8-13(9)17)14(19)18-5-3-10(4-6-18)15(20)21-2/h7-8,10H,3-6H2,1-2H3. The number of carbonyl (C=O) groups excluding carboxylic acids is 2. The zero-order chi connectivity index (χ0) is 15.6. The fraction of sp³-hybridized carbons (Fsp3) is 0.467. The maximum absolute atomic E-state index is 13.6. The topological polar surface area (TPSA) is 46.6 Å². The van der Waals surface area contributed by atoms with E-state index in [1.165, 1.54) is 19.2 Å². The highest BCUT2D eigenvalue weighted by molar-refractivity contribution is 6.33. The summed E-state index contributed by atoms with van der Waals surface area (Å²) in [5, 5.41) is 0.244. The first kappa shape index (κ1) is 15.8. The Balaban J connectivity index is 2.09. The molecular formula is C15H17ClFNO3. The van der Waals surface area contributed by atoms with Gasteiger partial charge in [0, 0.05) is 13.1 Å². The zero-order valence-corrected chi connectivity index (χ0v) is 12.7. The zero-order valence-electron chi connectivity index (χ0n) is 12.0. The van der Waals surface area contributed by atoms with E-state index in [0.717, 1.165) is 0 Å². The summed E-state index contributed by atoms with van der Waals surface area (Å²) in [5.41, 5.74) is 0.567. The second-order valence-electron chi connectivity index (χ2n) is 5.17. The number of amides is 1. The summed E-state index contributed by atoms with van der Waals surface area (Å²) in [4.78, 5) is 25.4. The number of halogens is 2. The molecule has 2 rings (SSSR count). The molecule has 0 bridgehead atoms. The van der Waals surface area contributed by atoms with Gasteiger partial charge in [0.25, 0.3) is 5.91 Å². The van der Waals surface area contributed by atoms with E-state index in [1.54, 1.807) is 11.8 Å². The van der Waals surface area contributed by atoms with Gasteiger partial charge in [-0.2, -0.15) is 0 Å². The van der Waals surface area contributed by atoms with Crippen LogP contribution in [0, 0.1) is 18.7 Å². The lowest BCUT2D eigenvalue weighted by Crippen LogP contribution is -2.40. The first-order chi connectivity index (χ1) is 9.93. The summed E-state index contributed by atoms with van der Waals surface area (Å²) in [6.07, 6.45) is 1.09. The normalized spacial score (nSPS) is 15.9. The number of rotatable bonds is 2. The molecule has 0 N–H and O–H groups in total. The van der Waals surface area contributed by atoms with Gasteiger partial charge in [0.15, 0.2) is 0 Å². The van der Waals surface area contributed by atoms with Crippen LogP contribution in [0.3, 0.4) is 0 Å². The predicted molar refractivity (Wildman–Crippen MR) is 76.8 cm³/mol. The first-order valence-corrected chi connectivity index (χ1v) is 7.14. The Bertz CT molecular complexity index is 568. The van der Waals surface area contributed by atoms with Crippen LogP contribution in [0.5, 0.6) is 0 Å². The molecule has 1 aromatic rings. The lowest BCUT2D eigenvalue weighted by atomic mass is 9.96. The molecule has 0 aliphatic carbocycles. The number of ether oxygens (including phenoxy) is 1. The van der Waals surface area contributed by atoms with Crippen molar-refractivity contribution < 1.29 is 18.7 Å². The summed E-state index contributed by atoms with van der Waals surface area (Å²) in [5.74, 6) is -1.18. The number of hydrogen-bond acceptors (Lipinski definition) is 3. The van der Waals surface area contributed by atoms with Gasteiger partial charge in [-0.1, -0.05) is 11.6 Å². The van der Waals surface area contributed by atoms with Crippen molar-refractivity contribution in [1.29, 1.82) is 0 Å². The first-order valence-electron chi connectivity index (χ1n) is 6.76. The molecule has 1 heterocycles. The molecule has 114 valence electrons. The maximum Gasteiger partial charge on any atom is 0.308 e. The molecule has 4 nitrogen and oxygen atoms in total. The molecule has 0 radical (unpaired) electrons. The molecule has 1 aliphatic heterocycles. The minimum Gasteiger partial charge on any atom is -0.469 e. The van der Waals surface area contributed by atoms with Gasteiger partial charge >= 0.3 is 5.97 Å². The highest BCUT2D eigenvalue weighted by Crippen LogP contribution is 2.25. The SMILES string of the molecule is COC(=O)C1CCN(C(=O)c2cc(F)c(C)cc2Cl)CC1. The molecule has 0 unspecified atom stereocenters. The number of methoxy groups -OCH3 is 1. The second-order valence-corrected chi connectivity index (χ2v) is 5.58. The summed E-state index contributed by atoms with van der Waals surface area (Å²) in [7, 11) is 1.36. The smallest absolute Gasteiger partial charge is 0.308 e. The van der Waals surface area contributed by atoms with Crippen LogP contribution in [0.1, 0.15) is 28.8 Å². The fourth-order valence-electron chi connectivity index (χ4n) is 2.47. The van der Waals surface area contributed by atoms with E-state index < -0.39 is 5.82 Å². The number of aryl methyl sites for hydroxylation is 1. The van der Waals surface area contributed by atoms with E-state index in [-0.39, 0.29) is 28.4 Å². The van der Waals surface area contributed by atoms with Crippen molar-refractivity contribution in [3.63, 3.8) is 0 Å². The van der Waals surface area contributed by atoms with Crippen molar-refractivity contribution in [3.8, 4) is 0 Å². The van der Waals surface area contributed by atoms with Crippen molar-refractivity contribution in [2.75, 3.05) is 20.2 Å². The van der Waals surface area contributed by atoms with Crippen LogP contribution in [0.4, 0.5) is 4.39 Å². The minimum absolute atomic E-state index is 0.163. The Kier molecular flexibility index (Phi) is 4.83. The third kappa shape index (κ3) is 3.35. The molecule has 0 aromatic heterocycles. The number of benzene rings is 1. The number of likely N-dealkylation sites (tertiary alicyclic amines) is 1. The second kappa shape index (κ2) is 6.43. The van der Waals surface area contributed by atoms with E-state index in [1.807, 2.05) is 0 Å². The summed E-state index contributed by atoms with van der Waals surface area (Å²) < 4.78 is 18.3. The Morgan fingerprint density at radius 3 is 2.52 bits per heavy atom. The summed E-state index contributed by atoms with van der Waals surface area (Å²) in [6, 6.07) is 2.62. The minimum atomic E-state index is -0.452. The van der Waals surface area contributed by atoms with Gasteiger partial charge in [0.05, 0.1) is 23.6 Å².